The summed E-state index contributed by atoms with van der Waals surface area (Å²) in [5.74, 6) is 0.173. The lowest BCUT2D eigenvalue weighted by atomic mass is 10.0. The zero-order chi connectivity index (χ0) is 19.4. The fraction of sp³-hybridized carbons (Fsp3) is 0.190. The Bertz CT molecular complexity index is 1010. The van der Waals surface area contributed by atoms with Crippen LogP contribution in [0.25, 0.3) is 11.3 Å². The number of hydrogen-bond acceptors (Lipinski definition) is 4. The molecule has 27 heavy (non-hydrogen) atoms. The van der Waals surface area contributed by atoms with Crippen molar-refractivity contribution in [1.82, 2.24) is 9.78 Å². The standard InChI is InChI=1S/C21H21N3O3/c1-21(2,20(26)22-17-11-7-8-12-18(17)27-3)24-19(25)14-13-16(23-24)15-9-5-4-6-10-15/h4-14H,1-3H3,(H,22,26). The average Bonchev–Trinajstić information content (AvgIpc) is 2.69. The smallest absolute Gasteiger partial charge is 0.267 e. The second kappa shape index (κ2) is 7.45. The van der Waals surface area contributed by atoms with Crippen molar-refractivity contribution in [3.05, 3.63) is 77.1 Å². The van der Waals surface area contributed by atoms with Crippen molar-refractivity contribution in [3.8, 4) is 17.0 Å². The highest BCUT2D eigenvalue weighted by Crippen LogP contribution is 2.25. The average molecular weight is 363 g/mol. The topological polar surface area (TPSA) is 73.2 Å². The van der Waals surface area contributed by atoms with Crippen molar-refractivity contribution in [3.63, 3.8) is 0 Å². The molecule has 0 atom stereocenters. The number of ether oxygens (including phenoxy) is 1. The molecule has 0 fully saturated rings. The minimum Gasteiger partial charge on any atom is -0.495 e. The van der Waals surface area contributed by atoms with Gasteiger partial charge in [0.2, 0.25) is 0 Å². The second-order valence-electron chi connectivity index (χ2n) is 6.55. The van der Waals surface area contributed by atoms with Gasteiger partial charge in [0.05, 0.1) is 18.5 Å². The number of anilines is 1. The van der Waals surface area contributed by atoms with Crippen LogP contribution in [-0.2, 0) is 10.3 Å². The third-order valence-corrected chi connectivity index (χ3v) is 4.31. The molecule has 0 radical (unpaired) electrons. The van der Waals surface area contributed by atoms with Crippen LogP contribution in [0.3, 0.4) is 0 Å². The lowest BCUT2D eigenvalue weighted by molar-refractivity contribution is -0.123. The van der Waals surface area contributed by atoms with E-state index in [-0.39, 0.29) is 11.5 Å². The maximum atomic E-state index is 12.9. The SMILES string of the molecule is COc1ccccc1NC(=O)C(C)(C)n1nc(-c2ccccc2)ccc1=O. The zero-order valence-corrected chi connectivity index (χ0v) is 15.5. The number of hydrogen-bond donors (Lipinski definition) is 1. The van der Waals surface area contributed by atoms with Crippen LogP contribution in [0, 0.1) is 0 Å². The first-order valence-corrected chi connectivity index (χ1v) is 8.54. The molecule has 0 unspecified atom stereocenters. The molecule has 0 aliphatic heterocycles. The van der Waals surface area contributed by atoms with Crippen LogP contribution in [0.5, 0.6) is 5.75 Å². The van der Waals surface area contributed by atoms with E-state index in [9.17, 15) is 9.59 Å². The van der Waals surface area contributed by atoms with Crippen molar-refractivity contribution >= 4 is 11.6 Å². The van der Waals surface area contributed by atoms with E-state index < -0.39 is 5.54 Å². The predicted molar refractivity (Wildman–Crippen MR) is 105 cm³/mol. The van der Waals surface area contributed by atoms with Gasteiger partial charge in [-0.3, -0.25) is 9.59 Å². The van der Waals surface area contributed by atoms with Crippen molar-refractivity contribution in [2.75, 3.05) is 12.4 Å². The van der Waals surface area contributed by atoms with Gasteiger partial charge in [-0.1, -0.05) is 42.5 Å². The van der Waals surface area contributed by atoms with Gasteiger partial charge in [-0.2, -0.15) is 5.10 Å². The third kappa shape index (κ3) is 3.74. The molecule has 0 aliphatic carbocycles. The third-order valence-electron chi connectivity index (χ3n) is 4.31. The largest absolute Gasteiger partial charge is 0.495 e. The van der Waals surface area contributed by atoms with Gasteiger partial charge in [-0.05, 0) is 32.0 Å². The minimum atomic E-state index is -1.21. The van der Waals surface area contributed by atoms with Crippen LogP contribution in [0.2, 0.25) is 0 Å². The summed E-state index contributed by atoms with van der Waals surface area (Å²) >= 11 is 0. The highest BCUT2D eigenvalue weighted by molar-refractivity contribution is 5.97. The predicted octanol–water partition coefficient (Wildman–Crippen LogP) is 3.29. The molecular weight excluding hydrogens is 342 g/mol. The molecule has 0 aliphatic rings. The Morgan fingerprint density at radius 2 is 1.67 bits per heavy atom. The molecular formula is C21H21N3O3. The molecule has 3 aromatic rings. The summed E-state index contributed by atoms with van der Waals surface area (Å²) in [6, 6.07) is 19.7. The molecule has 2 aromatic carbocycles. The summed E-state index contributed by atoms with van der Waals surface area (Å²) in [5.41, 5.74) is 0.462. The Balaban J connectivity index is 1.96. The number of rotatable bonds is 5. The molecule has 1 amide bonds. The van der Waals surface area contributed by atoms with E-state index in [1.54, 1.807) is 38.1 Å². The van der Waals surface area contributed by atoms with Crippen molar-refractivity contribution in [2.45, 2.75) is 19.4 Å². The van der Waals surface area contributed by atoms with Crippen LogP contribution < -0.4 is 15.6 Å². The van der Waals surface area contributed by atoms with Gasteiger partial charge in [0, 0.05) is 11.6 Å². The van der Waals surface area contributed by atoms with Crippen molar-refractivity contribution < 1.29 is 9.53 Å². The lowest BCUT2D eigenvalue weighted by Crippen LogP contribution is -2.47. The van der Waals surface area contributed by atoms with E-state index in [1.807, 2.05) is 36.4 Å². The van der Waals surface area contributed by atoms with E-state index >= 15 is 0 Å². The van der Waals surface area contributed by atoms with E-state index in [4.69, 9.17) is 4.74 Å². The maximum absolute atomic E-state index is 12.9. The second-order valence-corrected chi connectivity index (χ2v) is 6.55. The fourth-order valence-electron chi connectivity index (χ4n) is 2.69. The van der Waals surface area contributed by atoms with Gasteiger partial charge in [0.15, 0.2) is 0 Å². The van der Waals surface area contributed by atoms with Gasteiger partial charge in [0.25, 0.3) is 11.5 Å². The van der Waals surface area contributed by atoms with E-state index in [2.05, 4.69) is 10.4 Å². The molecule has 3 rings (SSSR count). The molecule has 0 bridgehead atoms. The highest BCUT2D eigenvalue weighted by atomic mass is 16.5. The molecule has 0 saturated carbocycles. The van der Waals surface area contributed by atoms with Crippen molar-refractivity contribution in [1.29, 1.82) is 0 Å². The first kappa shape index (κ1) is 18.4. The molecule has 138 valence electrons. The number of amides is 1. The number of aromatic nitrogens is 2. The van der Waals surface area contributed by atoms with Crippen molar-refractivity contribution in [2.24, 2.45) is 0 Å². The number of carbonyl (C=O) groups is 1. The monoisotopic (exact) mass is 363 g/mol. The first-order valence-electron chi connectivity index (χ1n) is 8.54. The summed E-state index contributed by atoms with van der Waals surface area (Å²) in [7, 11) is 1.53. The molecule has 0 saturated heterocycles. The van der Waals surface area contributed by atoms with Gasteiger partial charge in [-0.15, -0.1) is 0 Å². The molecule has 6 heteroatoms. The van der Waals surface area contributed by atoms with Gasteiger partial charge >= 0.3 is 0 Å². The van der Waals surface area contributed by atoms with Crippen LogP contribution in [0.1, 0.15) is 13.8 Å². The Labute approximate surface area is 157 Å². The number of methoxy groups -OCH3 is 1. The summed E-state index contributed by atoms with van der Waals surface area (Å²) in [6.07, 6.45) is 0. The summed E-state index contributed by atoms with van der Waals surface area (Å²) in [6.45, 7) is 3.31. The van der Waals surface area contributed by atoms with Crippen LogP contribution in [0.15, 0.2) is 71.5 Å². The number of para-hydroxylation sites is 2. The Morgan fingerprint density at radius 1 is 1.00 bits per heavy atom. The van der Waals surface area contributed by atoms with Gasteiger partial charge < -0.3 is 10.1 Å². The summed E-state index contributed by atoms with van der Waals surface area (Å²) < 4.78 is 6.47. The van der Waals surface area contributed by atoms with Gasteiger partial charge in [-0.25, -0.2) is 4.68 Å². The molecule has 1 aromatic heterocycles. The van der Waals surface area contributed by atoms with Gasteiger partial charge in [0.1, 0.15) is 11.3 Å². The minimum absolute atomic E-state index is 0.352. The summed E-state index contributed by atoms with van der Waals surface area (Å²) in [5, 5.41) is 7.25. The Hall–Kier alpha value is -3.41. The Morgan fingerprint density at radius 3 is 2.37 bits per heavy atom. The molecule has 6 nitrogen and oxygen atoms in total. The van der Waals surface area contributed by atoms with Crippen LogP contribution in [0.4, 0.5) is 5.69 Å². The number of carbonyl (C=O) groups excluding carboxylic acids is 1. The van der Waals surface area contributed by atoms with E-state index in [0.29, 0.717) is 17.1 Å². The number of benzene rings is 2. The quantitative estimate of drug-likeness (QED) is 0.755. The zero-order valence-electron chi connectivity index (χ0n) is 15.5. The normalized spacial score (nSPS) is 11.1. The number of nitrogens with one attached hydrogen (secondary N) is 1. The maximum Gasteiger partial charge on any atom is 0.267 e. The Kier molecular flexibility index (Phi) is 5.07. The summed E-state index contributed by atoms with van der Waals surface area (Å²) in [4.78, 5) is 25.4. The van der Waals surface area contributed by atoms with Crippen LogP contribution >= 0.6 is 0 Å². The first-order chi connectivity index (χ1) is 12.9. The van der Waals surface area contributed by atoms with E-state index in [1.165, 1.54) is 17.9 Å². The number of nitrogens with zero attached hydrogens (tertiary/aromatic N) is 2. The molecule has 1 heterocycles. The van der Waals surface area contributed by atoms with Crippen LogP contribution in [-0.4, -0.2) is 22.8 Å². The molecule has 0 spiro atoms. The lowest BCUT2D eigenvalue weighted by Gasteiger charge is -2.25. The molecule has 1 N–H and O–H groups in total. The highest BCUT2D eigenvalue weighted by Gasteiger charge is 2.32. The van der Waals surface area contributed by atoms with E-state index in [0.717, 1.165) is 5.56 Å². The fourth-order valence-corrected chi connectivity index (χ4v) is 2.69.